The average molecular weight is 284 g/mol. The van der Waals surface area contributed by atoms with E-state index in [0.717, 1.165) is 0 Å². The summed E-state index contributed by atoms with van der Waals surface area (Å²) in [5.74, 6) is -0.521. The molecule has 0 saturated heterocycles. The Balaban J connectivity index is 2.80. The minimum absolute atomic E-state index is 0.0414. The number of benzene rings is 1. The number of aliphatic hydroxyl groups excluding tert-OH is 2. The number of anilines is 1. The second kappa shape index (κ2) is 7.20. The predicted octanol–water partition coefficient (Wildman–Crippen LogP) is 0.438. The number of rotatable bonds is 6. The number of carbonyl (C=O) groups is 1. The van der Waals surface area contributed by atoms with Gasteiger partial charge in [-0.25, -0.2) is 0 Å². The molecule has 5 N–H and O–H groups in total. The Morgan fingerprint density at radius 2 is 1.80 bits per heavy atom. The van der Waals surface area contributed by atoms with Crippen LogP contribution in [0, 0.1) is 5.92 Å². The van der Waals surface area contributed by atoms with Crippen molar-refractivity contribution in [1.82, 2.24) is 5.32 Å². The first-order chi connectivity index (χ1) is 9.36. The quantitative estimate of drug-likeness (QED) is 0.484. The highest BCUT2D eigenvalue weighted by molar-refractivity contribution is 5.78. The molecule has 0 bridgehead atoms. The molecule has 1 aromatic carbocycles. The fraction of sp³-hybridized carbons (Fsp3) is 0.462. The van der Waals surface area contributed by atoms with Crippen molar-refractivity contribution in [2.24, 2.45) is 5.92 Å². The summed E-state index contributed by atoms with van der Waals surface area (Å²) in [6.45, 7) is 3.01. The molecule has 0 saturated carbocycles. The van der Waals surface area contributed by atoms with E-state index in [0.29, 0.717) is 5.56 Å². The normalized spacial score (nSPS) is 13.9. The van der Waals surface area contributed by atoms with Crippen LogP contribution in [0.5, 0.6) is 0 Å². The molecule has 1 rings (SSSR count). The number of aliphatic hydroxyl groups is 2. The molecule has 7 nitrogen and oxygen atoms in total. The molecule has 0 fully saturated rings. The monoisotopic (exact) mass is 284 g/mol. The molecule has 0 spiro atoms. The van der Waals surface area contributed by atoms with Gasteiger partial charge in [0.1, 0.15) is 6.10 Å². The summed E-state index contributed by atoms with van der Waals surface area (Å²) in [6.07, 6.45) is -1.09. The molecule has 1 aromatic rings. The zero-order valence-electron chi connectivity index (χ0n) is 11.4. The highest BCUT2D eigenvalue weighted by Gasteiger charge is 2.23. The molecule has 0 aliphatic heterocycles. The summed E-state index contributed by atoms with van der Waals surface area (Å²) < 4.78 is 0. The van der Waals surface area contributed by atoms with Crippen LogP contribution in [0.2, 0.25) is 0 Å². The van der Waals surface area contributed by atoms with Gasteiger partial charge in [0.15, 0.2) is 0 Å². The van der Waals surface area contributed by atoms with Gasteiger partial charge in [0.25, 0.3) is 0 Å². The maximum atomic E-state index is 11.6. The lowest BCUT2D eigenvalue weighted by atomic mass is 10.0. The summed E-state index contributed by atoms with van der Waals surface area (Å²) in [5, 5.41) is 39.5. The van der Waals surface area contributed by atoms with Gasteiger partial charge in [-0.15, -0.1) is 5.23 Å². The second-order valence-corrected chi connectivity index (χ2v) is 4.78. The average Bonchev–Trinajstić information content (AvgIpc) is 2.43. The van der Waals surface area contributed by atoms with Gasteiger partial charge in [0.2, 0.25) is 5.91 Å². The predicted molar refractivity (Wildman–Crippen MR) is 71.3 cm³/mol. The van der Waals surface area contributed by atoms with Crippen LogP contribution in [0.4, 0.5) is 5.69 Å². The minimum Gasteiger partial charge on any atom is -0.394 e. The first-order valence-corrected chi connectivity index (χ1v) is 6.24. The van der Waals surface area contributed by atoms with E-state index in [2.05, 4.69) is 5.32 Å². The summed E-state index contributed by atoms with van der Waals surface area (Å²) >= 11 is 0. The summed E-state index contributed by atoms with van der Waals surface area (Å²) in [4.78, 5) is 11.6. The number of hydrogen-bond donors (Lipinski definition) is 5. The Bertz CT molecular complexity index is 433. The van der Waals surface area contributed by atoms with Crippen molar-refractivity contribution in [3.05, 3.63) is 29.8 Å². The van der Waals surface area contributed by atoms with E-state index in [1.807, 2.05) is 0 Å². The maximum Gasteiger partial charge on any atom is 0.222 e. The van der Waals surface area contributed by atoms with E-state index in [9.17, 15) is 15.0 Å². The Morgan fingerprint density at radius 1 is 1.25 bits per heavy atom. The minimum atomic E-state index is -1.09. The first kappa shape index (κ1) is 16.4. The van der Waals surface area contributed by atoms with Gasteiger partial charge in [-0.1, -0.05) is 26.0 Å². The van der Waals surface area contributed by atoms with Crippen LogP contribution in [-0.4, -0.2) is 39.2 Å². The molecule has 0 aliphatic rings. The van der Waals surface area contributed by atoms with Crippen LogP contribution < -0.4 is 10.5 Å². The van der Waals surface area contributed by atoms with Crippen molar-refractivity contribution in [2.45, 2.75) is 26.0 Å². The molecule has 0 aliphatic carbocycles. The van der Waals surface area contributed by atoms with Gasteiger partial charge in [-0.2, -0.15) is 0 Å². The highest BCUT2D eigenvalue weighted by Crippen LogP contribution is 2.20. The Hall–Kier alpha value is -1.67. The third kappa shape index (κ3) is 4.17. The van der Waals surface area contributed by atoms with Crippen LogP contribution in [0.1, 0.15) is 25.5 Å². The summed E-state index contributed by atoms with van der Waals surface area (Å²) in [6, 6.07) is 4.90. The van der Waals surface area contributed by atoms with E-state index in [1.165, 1.54) is 24.3 Å². The number of hydrogen-bond acceptors (Lipinski definition) is 6. The Kier molecular flexibility index (Phi) is 5.90. The zero-order valence-corrected chi connectivity index (χ0v) is 11.4. The summed E-state index contributed by atoms with van der Waals surface area (Å²) in [7, 11) is 0. The smallest absolute Gasteiger partial charge is 0.222 e. The Morgan fingerprint density at radius 3 is 2.20 bits per heavy atom. The largest absolute Gasteiger partial charge is 0.394 e. The lowest BCUT2D eigenvalue weighted by molar-refractivity contribution is -0.126. The van der Waals surface area contributed by atoms with Crippen molar-refractivity contribution in [3.8, 4) is 0 Å². The maximum absolute atomic E-state index is 11.6. The molecule has 20 heavy (non-hydrogen) atoms. The lowest BCUT2D eigenvalue weighted by Crippen LogP contribution is -2.43. The van der Waals surface area contributed by atoms with Gasteiger partial charge < -0.3 is 15.5 Å². The highest BCUT2D eigenvalue weighted by atomic mass is 16.8. The van der Waals surface area contributed by atoms with Crippen molar-refractivity contribution in [1.29, 1.82) is 0 Å². The van der Waals surface area contributed by atoms with Crippen molar-refractivity contribution >= 4 is 11.6 Å². The standard InChI is InChI=1S/C13H20N2O5/c1-8(2)13(18)14-11(7-16)12(17)9-3-5-10(6-4-9)15(19)20/h3-6,8,11-12,16-17,19-20H,7H2,1-2H3,(H,14,18)/t11-,12-/m1/s1. The molecule has 0 radical (unpaired) electrons. The number of carbonyl (C=O) groups excluding carboxylic acids is 1. The molecule has 0 aromatic heterocycles. The fourth-order valence-electron chi connectivity index (χ4n) is 1.61. The van der Waals surface area contributed by atoms with E-state index in [4.69, 9.17) is 10.4 Å². The zero-order chi connectivity index (χ0) is 15.3. The van der Waals surface area contributed by atoms with Crippen molar-refractivity contribution < 1.29 is 25.4 Å². The molecule has 1 amide bonds. The third-order valence-electron chi connectivity index (χ3n) is 2.90. The van der Waals surface area contributed by atoms with Crippen molar-refractivity contribution in [2.75, 3.05) is 11.8 Å². The fourth-order valence-corrected chi connectivity index (χ4v) is 1.61. The molecule has 112 valence electrons. The molecule has 0 heterocycles. The van der Waals surface area contributed by atoms with Crippen LogP contribution in [0.15, 0.2) is 24.3 Å². The van der Waals surface area contributed by atoms with Gasteiger partial charge >= 0.3 is 0 Å². The van der Waals surface area contributed by atoms with Gasteiger partial charge in [-0.05, 0) is 17.7 Å². The SMILES string of the molecule is CC(C)C(=O)N[C@H](CO)[C@H](O)c1ccc(N(O)O)cc1. The van der Waals surface area contributed by atoms with Crippen LogP contribution in [0.25, 0.3) is 0 Å². The van der Waals surface area contributed by atoms with E-state index < -0.39 is 18.8 Å². The van der Waals surface area contributed by atoms with E-state index in [-0.39, 0.29) is 22.7 Å². The number of nitrogens with zero attached hydrogens (tertiary/aromatic N) is 1. The molecular formula is C13H20N2O5. The van der Waals surface area contributed by atoms with Crippen LogP contribution in [0.3, 0.4) is 0 Å². The first-order valence-electron chi connectivity index (χ1n) is 6.24. The molecule has 0 unspecified atom stereocenters. The number of amides is 1. The van der Waals surface area contributed by atoms with Gasteiger partial charge in [-0.3, -0.25) is 15.2 Å². The molecule has 7 heteroatoms. The second-order valence-electron chi connectivity index (χ2n) is 4.78. The summed E-state index contributed by atoms with van der Waals surface area (Å²) in [5.41, 5.74) is 0.575. The number of nitrogens with one attached hydrogen (secondary N) is 1. The van der Waals surface area contributed by atoms with E-state index in [1.54, 1.807) is 13.8 Å². The third-order valence-corrected chi connectivity index (χ3v) is 2.90. The van der Waals surface area contributed by atoms with Gasteiger partial charge in [0, 0.05) is 5.92 Å². The lowest BCUT2D eigenvalue weighted by Gasteiger charge is -2.23. The molecular weight excluding hydrogens is 264 g/mol. The Labute approximate surface area is 117 Å². The molecule has 2 atom stereocenters. The van der Waals surface area contributed by atoms with Crippen LogP contribution in [-0.2, 0) is 4.79 Å². The topological polar surface area (TPSA) is 113 Å². The van der Waals surface area contributed by atoms with Crippen LogP contribution >= 0.6 is 0 Å². The van der Waals surface area contributed by atoms with Crippen molar-refractivity contribution in [3.63, 3.8) is 0 Å². The van der Waals surface area contributed by atoms with Gasteiger partial charge in [0.05, 0.1) is 18.3 Å². The van der Waals surface area contributed by atoms with E-state index >= 15 is 0 Å².